The molecule has 28 heavy (non-hydrogen) atoms. The molecule has 1 aliphatic carbocycles. The minimum Gasteiger partial charge on any atom is -0.481 e. The molecule has 144 valence electrons. The molecule has 1 aromatic carbocycles. The number of amides is 1. The summed E-state index contributed by atoms with van der Waals surface area (Å²) in [5.41, 5.74) is 0.893. The van der Waals surface area contributed by atoms with Crippen molar-refractivity contribution in [1.82, 2.24) is 14.7 Å². The van der Waals surface area contributed by atoms with Crippen LogP contribution < -0.4 is 10.9 Å². The highest BCUT2D eigenvalue weighted by Crippen LogP contribution is 2.25. The van der Waals surface area contributed by atoms with Crippen LogP contribution in [0.25, 0.3) is 16.6 Å². The molecule has 4 rings (SSSR count). The maximum Gasteiger partial charge on any atom is 0.306 e. The van der Waals surface area contributed by atoms with Crippen LogP contribution in [0.5, 0.6) is 0 Å². The summed E-state index contributed by atoms with van der Waals surface area (Å²) >= 11 is 3.37. The molecule has 7 nitrogen and oxygen atoms in total. The van der Waals surface area contributed by atoms with Crippen LogP contribution in [-0.2, 0) is 4.79 Å². The Morgan fingerprint density at radius 1 is 1.18 bits per heavy atom. The molecule has 8 heteroatoms. The summed E-state index contributed by atoms with van der Waals surface area (Å²) in [5, 5.41) is 12.6. The summed E-state index contributed by atoms with van der Waals surface area (Å²) in [6.07, 6.45) is 3.92. The molecule has 0 bridgehead atoms. The molecule has 1 amide bonds. The van der Waals surface area contributed by atoms with Crippen molar-refractivity contribution < 1.29 is 14.7 Å². The Balaban J connectivity index is 1.69. The average Bonchev–Trinajstić information content (AvgIpc) is 2.68. The van der Waals surface area contributed by atoms with E-state index in [1.54, 1.807) is 36.5 Å². The molecule has 2 heterocycles. The van der Waals surface area contributed by atoms with E-state index >= 15 is 0 Å². The second-order valence-corrected chi connectivity index (χ2v) is 7.98. The van der Waals surface area contributed by atoms with Gasteiger partial charge in [-0.2, -0.15) is 0 Å². The summed E-state index contributed by atoms with van der Waals surface area (Å²) in [6.45, 7) is 0. The van der Waals surface area contributed by atoms with Gasteiger partial charge in [0.2, 0.25) is 0 Å². The first-order valence-electron chi connectivity index (χ1n) is 9.08. The fraction of sp³-hybridized carbons (Fsp3) is 0.300. The zero-order valence-corrected chi connectivity index (χ0v) is 16.5. The highest BCUT2D eigenvalue weighted by atomic mass is 79.9. The number of aromatic nitrogens is 2. The number of carboxylic acid groups (broad SMARTS) is 1. The van der Waals surface area contributed by atoms with Gasteiger partial charge in [0.1, 0.15) is 0 Å². The van der Waals surface area contributed by atoms with Gasteiger partial charge >= 0.3 is 5.97 Å². The second-order valence-electron chi connectivity index (χ2n) is 7.06. The first-order chi connectivity index (χ1) is 13.4. The molecule has 2 N–H and O–H groups in total. The molecule has 1 fully saturated rings. The Kier molecular flexibility index (Phi) is 4.89. The standard InChI is InChI=1S/C20H18BrN3O4/c21-12-9-15(18(25)22-13-7-5-11(6-8-13)20(27)28)17-23-16-4-2-1-3-14(16)19(26)24(17)10-12/h1-4,9-11,13H,5-8H2,(H,22,25)(H,27,28)/t11-,13+. The zero-order chi connectivity index (χ0) is 19.8. The lowest BCUT2D eigenvalue weighted by molar-refractivity contribution is -0.142. The molecule has 0 spiro atoms. The van der Waals surface area contributed by atoms with E-state index in [-0.39, 0.29) is 23.4 Å². The van der Waals surface area contributed by atoms with Crippen molar-refractivity contribution >= 4 is 44.4 Å². The predicted molar refractivity (Wildman–Crippen MR) is 108 cm³/mol. The van der Waals surface area contributed by atoms with E-state index in [4.69, 9.17) is 5.11 Å². The van der Waals surface area contributed by atoms with E-state index in [1.807, 2.05) is 0 Å². The maximum absolute atomic E-state index is 12.9. The zero-order valence-electron chi connectivity index (χ0n) is 14.9. The van der Waals surface area contributed by atoms with Gasteiger partial charge in [-0.1, -0.05) is 12.1 Å². The normalized spacial score (nSPS) is 19.6. The third-order valence-corrected chi connectivity index (χ3v) is 5.67. The third-order valence-electron chi connectivity index (χ3n) is 5.24. The molecule has 3 aromatic rings. The lowest BCUT2D eigenvalue weighted by Crippen LogP contribution is -2.39. The highest BCUT2D eigenvalue weighted by molar-refractivity contribution is 9.10. The number of rotatable bonds is 3. The topological polar surface area (TPSA) is 101 Å². The van der Waals surface area contributed by atoms with E-state index in [0.717, 1.165) is 0 Å². The maximum atomic E-state index is 12.9. The van der Waals surface area contributed by atoms with Crippen LogP contribution in [0.2, 0.25) is 0 Å². The van der Waals surface area contributed by atoms with Crippen LogP contribution in [0, 0.1) is 5.92 Å². The first kappa shape index (κ1) is 18.6. The fourth-order valence-corrected chi connectivity index (χ4v) is 4.17. The van der Waals surface area contributed by atoms with Crippen molar-refractivity contribution in [3.8, 4) is 0 Å². The number of aliphatic carboxylic acids is 1. The molecular weight excluding hydrogens is 426 g/mol. The van der Waals surface area contributed by atoms with Crippen molar-refractivity contribution in [1.29, 1.82) is 0 Å². The summed E-state index contributed by atoms with van der Waals surface area (Å²) in [7, 11) is 0. The number of halogens is 1. The Hall–Kier alpha value is -2.74. The van der Waals surface area contributed by atoms with Crippen LogP contribution in [0.15, 0.2) is 45.8 Å². The molecule has 2 aromatic heterocycles. The van der Waals surface area contributed by atoms with Crippen LogP contribution in [0.4, 0.5) is 0 Å². The van der Waals surface area contributed by atoms with E-state index in [9.17, 15) is 14.4 Å². The van der Waals surface area contributed by atoms with Gasteiger partial charge < -0.3 is 10.4 Å². The summed E-state index contributed by atoms with van der Waals surface area (Å²) in [6, 6.07) is 8.58. The van der Waals surface area contributed by atoms with E-state index in [2.05, 4.69) is 26.2 Å². The van der Waals surface area contributed by atoms with Crippen molar-refractivity contribution in [2.24, 2.45) is 5.92 Å². The number of pyridine rings is 1. The second kappa shape index (κ2) is 7.35. The molecular formula is C20H18BrN3O4. The van der Waals surface area contributed by atoms with Crippen molar-refractivity contribution in [2.45, 2.75) is 31.7 Å². The molecule has 0 radical (unpaired) electrons. The molecule has 0 aliphatic heterocycles. The van der Waals surface area contributed by atoms with Crippen molar-refractivity contribution in [3.05, 3.63) is 56.9 Å². The molecule has 0 unspecified atom stereocenters. The lowest BCUT2D eigenvalue weighted by Gasteiger charge is -2.27. The van der Waals surface area contributed by atoms with Crippen molar-refractivity contribution in [3.63, 3.8) is 0 Å². The third kappa shape index (κ3) is 3.40. The average molecular weight is 444 g/mol. The SMILES string of the molecule is O=C(N[C@H]1CC[C@@H](C(=O)O)CC1)c1cc(Br)cn2c(=O)c3ccccc3nc12. The Bertz CT molecular complexity index is 1150. The quantitative estimate of drug-likeness (QED) is 0.605. The molecule has 0 atom stereocenters. The Morgan fingerprint density at radius 3 is 2.61 bits per heavy atom. The number of hydrogen-bond donors (Lipinski definition) is 2. The van der Waals surface area contributed by atoms with E-state index in [1.165, 1.54) is 4.40 Å². The minimum atomic E-state index is -0.779. The van der Waals surface area contributed by atoms with Gasteiger partial charge in [-0.25, -0.2) is 4.98 Å². The lowest BCUT2D eigenvalue weighted by atomic mass is 9.86. The molecule has 0 saturated heterocycles. The number of benzene rings is 1. The number of para-hydroxylation sites is 1. The fourth-order valence-electron chi connectivity index (χ4n) is 3.73. The van der Waals surface area contributed by atoms with Gasteiger partial charge in [0.25, 0.3) is 11.5 Å². The smallest absolute Gasteiger partial charge is 0.306 e. The van der Waals surface area contributed by atoms with Crippen LogP contribution >= 0.6 is 15.9 Å². The van der Waals surface area contributed by atoms with Gasteiger partial charge in [0.05, 0.1) is 22.4 Å². The number of fused-ring (bicyclic) bond motifs is 2. The van der Waals surface area contributed by atoms with Gasteiger partial charge in [0, 0.05) is 16.7 Å². The van der Waals surface area contributed by atoms with Crippen LogP contribution in [-0.4, -0.2) is 32.4 Å². The van der Waals surface area contributed by atoms with E-state index in [0.29, 0.717) is 52.3 Å². The molecule has 1 aliphatic rings. The van der Waals surface area contributed by atoms with Crippen LogP contribution in [0.3, 0.4) is 0 Å². The van der Waals surface area contributed by atoms with Crippen LogP contribution in [0.1, 0.15) is 36.0 Å². The summed E-state index contributed by atoms with van der Waals surface area (Å²) < 4.78 is 1.97. The molecule has 1 saturated carbocycles. The largest absolute Gasteiger partial charge is 0.481 e. The van der Waals surface area contributed by atoms with Gasteiger partial charge in [-0.15, -0.1) is 0 Å². The monoisotopic (exact) mass is 443 g/mol. The Labute approximate surface area is 168 Å². The van der Waals surface area contributed by atoms with Gasteiger partial charge in [0.15, 0.2) is 5.65 Å². The minimum absolute atomic E-state index is 0.0886. The van der Waals surface area contributed by atoms with Gasteiger partial charge in [-0.3, -0.25) is 18.8 Å². The number of carbonyl (C=O) groups excluding carboxylic acids is 1. The Morgan fingerprint density at radius 2 is 1.89 bits per heavy atom. The number of nitrogens with zero attached hydrogens (tertiary/aromatic N) is 2. The summed E-state index contributed by atoms with van der Waals surface area (Å²) in [5.74, 6) is -1.44. The summed E-state index contributed by atoms with van der Waals surface area (Å²) in [4.78, 5) is 41.4. The van der Waals surface area contributed by atoms with E-state index < -0.39 is 5.97 Å². The van der Waals surface area contributed by atoms with Crippen molar-refractivity contribution in [2.75, 3.05) is 0 Å². The number of carboxylic acids is 1. The van der Waals surface area contributed by atoms with Gasteiger partial charge in [-0.05, 0) is 59.8 Å². The highest BCUT2D eigenvalue weighted by Gasteiger charge is 2.27. The first-order valence-corrected chi connectivity index (χ1v) is 9.87. The predicted octanol–water partition coefficient (Wildman–Crippen LogP) is 2.98. The number of nitrogens with one attached hydrogen (secondary N) is 1. The number of carbonyl (C=O) groups is 2. The number of hydrogen-bond acceptors (Lipinski definition) is 4.